The van der Waals surface area contributed by atoms with Crippen LogP contribution >= 0.6 is 0 Å². The average Bonchev–Trinajstić information content (AvgIpc) is 2.22. The summed E-state index contributed by atoms with van der Waals surface area (Å²) in [5, 5.41) is 3.37. The molecule has 4 heteroatoms. The van der Waals surface area contributed by atoms with E-state index in [0.717, 1.165) is 13.1 Å². The van der Waals surface area contributed by atoms with Gasteiger partial charge in [0.1, 0.15) is 5.60 Å². The molecular formula is C14H30N2O2. The minimum atomic E-state index is -0.422. The highest BCUT2D eigenvalue weighted by Gasteiger charge is 2.18. The highest BCUT2D eigenvalue weighted by atomic mass is 16.6. The molecule has 1 atom stereocenters. The van der Waals surface area contributed by atoms with Crippen LogP contribution in [-0.2, 0) is 4.74 Å². The van der Waals surface area contributed by atoms with Crippen molar-refractivity contribution in [3.63, 3.8) is 0 Å². The Labute approximate surface area is 112 Å². The zero-order valence-electron chi connectivity index (χ0n) is 12.9. The lowest BCUT2D eigenvalue weighted by Gasteiger charge is -2.24. The van der Waals surface area contributed by atoms with Gasteiger partial charge < -0.3 is 15.0 Å². The van der Waals surface area contributed by atoms with Gasteiger partial charge in [-0.2, -0.15) is 0 Å². The van der Waals surface area contributed by atoms with E-state index < -0.39 is 5.60 Å². The summed E-state index contributed by atoms with van der Waals surface area (Å²) in [5.41, 5.74) is -0.422. The molecule has 18 heavy (non-hydrogen) atoms. The number of amides is 1. The number of likely N-dealkylation sites (N-methyl/N-ethyl adjacent to an activating group) is 1. The van der Waals surface area contributed by atoms with Crippen molar-refractivity contribution >= 4 is 6.09 Å². The molecule has 0 aromatic heterocycles. The lowest BCUT2D eigenvalue weighted by atomic mass is 10.1. The molecule has 1 amide bonds. The lowest BCUT2D eigenvalue weighted by molar-refractivity contribution is 0.0300. The third-order valence-corrected chi connectivity index (χ3v) is 2.60. The Morgan fingerprint density at radius 1 is 1.39 bits per heavy atom. The predicted octanol–water partition coefficient (Wildman–Crippen LogP) is 2.88. The molecule has 0 aliphatic carbocycles. The summed E-state index contributed by atoms with van der Waals surface area (Å²) in [4.78, 5) is 13.3. The molecule has 0 fully saturated rings. The molecule has 0 radical (unpaired) electrons. The van der Waals surface area contributed by atoms with Crippen LogP contribution in [0.2, 0.25) is 0 Å². The van der Waals surface area contributed by atoms with Crippen LogP contribution in [0.5, 0.6) is 0 Å². The Hall–Kier alpha value is -0.770. The third-order valence-electron chi connectivity index (χ3n) is 2.60. The molecule has 0 rings (SSSR count). The molecule has 1 unspecified atom stereocenters. The monoisotopic (exact) mass is 258 g/mol. The second-order valence-corrected chi connectivity index (χ2v) is 6.00. The first kappa shape index (κ1) is 17.2. The summed E-state index contributed by atoms with van der Waals surface area (Å²) in [7, 11) is 1.77. The molecule has 0 aliphatic heterocycles. The number of carbonyl (C=O) groups excluding carboxylic acids is 1. The van der Waals surface area contributed by atoms with Gasteiger partial charge in [0.25, 0.3) is 0 Å². The number of nitrogens with zero attached hydrogens (tertiary/aromatic N) is 1. The summed E-state index contributed by atoms with van der Waals surface area (Å²) >= 11 is 0. The maximum atomic E-state index is 11.7. The highest BCUT2D eigenvalue weighted by Crippen LogP contribution is 2.08. The Morgan fingerprint density at radius 3 is 2.50 bits per heavy atom. The summed E-state index contributed by atoms with van der Waals surface area (Å²) in [6, 6.07) is 0. The van der Waals surface area contributed by atoms with Gasteiger partial charge in [0.05, 0.1) is 0 Å². The first-order chi connectivity index (χ1) is 8.26. The Balaban J connectivity index is 3.70. The van der Waals surface area contributed by atoms with E-state index in [4.69, 9.17) is 4.74 Å². The van der Waals surface area contributed by atoms with Crippen LogP contribution in [0.4, 0.5) is 4.79 Å². The molecule has 0 bridgehead atoms. The van der Waals surface area contributed by atoms with Gasteiger partial charge in [-0.25, -0.2) is 4.79 Å². The molecule has 0 spiro atoms. The van der Waals surface area contributed by atoms with Crippen molar-refractivity contribution in [3.05, 3.63) is 0 Å². The van der Waals surface area contributed by atoms with Gasteiger partial charge in [0.2, 0.25) is 0 Å². The number of ether oxygens (including phenoxy) is 1. The van der Waals surface area contributed by atoms with Crippen LogP contribution in [0.25, 0.3) is 0 Å². The number of rotatable bonds is 7. The maximum absolute atomic E-state index is 11.7. The summed E-state index contributed by atoms with van der Waals surface area (Å²) in [6.45, 7) is 12.6. The molecular weight excluding hydrogens is 228 g/mol. The van der Waals surface area contributed by atoms with E-state index in [2.05, 4.69) is 19.2 Å². The van der Waals surface area contributed by atoms with Crippen LogP contribution in [-0.4, -0.2) is 43.3 Å². The number of hydrogen-bond donors (Lipinski definition) is 1. The average molecular weight is 258 g/mol. The van der Waals surface area contributed by atoms with E-state index in [9.17, 15) is 4.79 Å². The van der Waals surface area contributed by atoms with Gasteiger partial charge in [0, 0.05) is 20.1 Å². The van der Waals surface area contributed by atoms with Gasteiger partial charge in [0.15, 0.2) is 0 Å². The van der Waals surface area contributed by atoms with Crippen LogP contribution in [0.15, 0.2) is 0 Å². The largest absolute Gasteiger partial charge is 0.444 e. The molecule has 0 aromatic carbocycles. The van der Waals surface area contributed by atoms with E-state index in [1.165, 1.54) is 12.8 Å². The first-order valence-electron chi connectivity index (χ1n) is 6.91. The fourth-order valence-electron chi connectivity index (χ4n) is 1.62. The van der Waals surface area contributed by atoms with Gasteiger partial charge in [-0.15, -0.1) is 0 Å². The smallest absolute Gasteiger partial charge is 0.410 e. The van der Waals surface area contributed by atoms with Crippen molar-refractivity contribution in [2.45, 2.75) is 53.1 Å². The zero-order chi connectivity index (χ0) is 14.2. The molecule has 0 saturated heterocycles. The molecule has 4 nitrogen and oxygen atoms in total. The molecule has 1 N–H and O–H groups in total. The van der Waals surface area contributed by atoms with Crippen molar-refractivity contribution in [2.24, 2.45) is 5.92 Å². The van der Waals surface area contributed by atoms with Crippen molar-refractivity contribution in [2.75, 3.05) is 26.7 Å². The Kier molecular flexibility index (Phi) is 8.00. The molecule has 0 aromatic rings. The Bertz CT molecular complexity index is 236. The quantitative estimate of drug-likeness (QED) is 0.714. The van der Waals surface area contributed by atoms with E-state index in [1.807, 2.05) is 20.8 Å². The SMILES string of the molecule is CCCC(C)CNCCN(C)C(=O)OC(C)(C)C. The third kappa shape index (κ3) is 9.28. The fraction of sp³-hybridized carbons (Fsp3) is 0.929. The van der Waals surface area contributed by atoms with Gasteiger partial charge in [-0.05, 0) is 39.7 Å². The zero-order valence-corrected chi connectivity index (χ0v) is 12.9. The van der Waals surface area contributed by atoms with E-state index >= 15 is 0 Å². The van der Waals surface area contributed by atoms with Crippen LogP contribution in [0.1, 0.15) is 47.5 Å². The molecule has 108 valence electrons. The highest BCUT2D eigenvalue weighted by molar-refractivity contribution is 5.67. The minimum Gasteiger partial charge on any atom is -0.444 e. The molecule has 0 aliphatic rings. The topological polar surface area (TPSA) is 41.6 Å². The minimum absolute atomic E-state index is 0.258. The molecule has 0 saturated carbocycles. The van der Waals surface area contributed by atoms with Gasteiger partial charge >= 0.3 is 6.09 Å². The second kappa shape index (κ2) is 8.35. The predicted molar refractivity (Wildman–Crippen MR) is 75.8 cm³/mol. The number of hydrogen-bond acceptors (Lipinski definition) is 3. The van der Waals surface area contributed by atoms with Crippen molar-refractivity contribution < 1.29 is 9.53 Å². The first-order valence-corrected chi connectivity index (χ1v) is 6.91. The van der Waals surface area contributed by atoms with E-state index in [-0.39, 0.29) is 6.09 Å². The second-order valence-electron chi connectivity index (χ2n) is 6.00. The van der Waals surface area contributed by atoms with Crippen LogP contribution in [0, 0.1) is 5.92 Å². The summed E-state index contributed by atoms with van der Waals surface area (Å²) in [5.74, 6) is 0.696. The van der Waals surface area contributed by atoms with Crippen LogP contribution in [0.3, 0.4) is 0 Å². The summed E-state index contributed by atoms with van der Waals surface area (Å²) in [6.07, 6.45) is 2.21. The van der Waals surface area contributed by atoms with Gasteiger partial charge in [-0.3, -0.25) is 0 Å². The van der Waals surface area contributed by atoms with E-state index in [1.54, 1.807) is 11.9 Å². The maximum Gasteiger partial charge on any atom is 0.410 e. The van der Waals surface area contributed by atoms with Crippen molar-refractivity contribution in [3.8, 4) is 0 Å². The lowest BCUT2D eigenvalue weighted by Crippen LogP contribution is -2.38. The number of carbonyl (C=O) groups is 1. The van der Waals surface area contributed by atoms with Crippen molar-refractivity contribution in [1.82, 2.24) is 10.2 Å². The Morgan fingerprint density at radius 2 is 2.00 bits per heavy atom. The fourth-order valence-corrected chi connectivity index (χ4v) is 1.62. The standard InChI is InChI=1S/C14H30N2O2/c1-7-8-12(2)11-15-9-10-16(6)13(17)18-14(3,4)5/h12,15H,7-11H2,1-6H3. The van der Waals surface area contributed by atoms with E-state index in [0.29, 0.717) is 12.5 Å². The van der Waals surface area contributed by atoms with Crippen LogP contribution < -0.4 is 5.32 Å². The summed E-state index contributed by atoms with van der Waals surface area (Å²) < 4.78 is 5.28. The molecule has 0 heterocycles. The number of nitrogens with one attached hydrogen (secondary N) is 1. The normalized spacial score (nSPS) is 13.2. The van der Waals surface area contributed by atoms with Crippen molar-refractivity contribution in [1.29, 1.82) is 0 Å². The van der Waals surface area contributed by atoms with Gasteiger partial charge in [-0.1, -0.05) is 20.3 Å².